The molecule has 6 heteroatoms. The summed E-state index contributed by atoms with van der Waals surface area (Å²) in [7, 11) is -3.35. The second kappa shape index (κ2) is 5.87. The number of alkyl halides is 1. The SMILES string of the molecule is CC1CCCCN1S(=O)(=O)NCC(C)(C)CCl. The predicted octanol–water partition coefficient (Wildman–Crippen LogP) is 1.96. The molecule has 1 heterocycles. The third kappa shape index (κ3) is 4.39. The van der Waals surface area contributed by atoms with Crippen molar-refractivity contribution in [1.82, 2.24) is 9.03 Å². The van der Waals surface area contributed by atoms with E-state index in [4.69, 9.17) is 11.6 Å². The van der Waals surface area contributed by atoms with Crippen LogP contribution in [0, 0.1) is 5.41 Å². The van der Waals surface area contributed by atoms with Crippen LogP contribution in [0.25, 0.3) is 0 Å². The molecule has 0 aliphatic carbocycles. The van der Waals surface area contributed by atoms with Gasteiger partial charge >= 0.3 is 0 Å². The van der Waals surface area contributed by atoms with Crippen molar-refractivity contribution in [3.05, 3.63) is 0 Å². The summed E-state index contributed by atoms with van der Waals surface area (Å²) in [5, 5.41) is 0. The van der Waals surface area contributed by atoms with Gasteiger partial charge in [-0.1, -0.05) is 20.3 Å². The molecule has 1 fully saturated rings. The molecule has 1 N–H and O–H groups in total. The van der Waals surface area contributed by atoms with Gasteiger partial charge < -0.3 is 0 Å². The third-order valence-electron chi connectivity index (χ3n) is 3.15. The van der Waals surface area contributed by atoms with E-state index in [0.717, 1.165) is 19.3 Å². The lowest BCUT2D eigenvalue weighted by Crippen LogP contribution is -2.49. The van der Waals surface area contributed by atoms with Gasteiger partial charge in [0.15, 0.2) is 0 Å². The van der Waals surface area contributed by atoms with Crippen LogP contribution in [0.2, 0.25) is 0 Å². The van der Waals surface area contributed by atoms with Gasteiger partial charge in [0.05, 0.1) is 0 Å². The Hall–Kier alpha value is 0.160. The molecule has 1 unspecified atom stereocenters. The predicted molar refractivity (Wildman–Crippen MR) is 71.4 cm³/mol. The van der Waals surface area contributed by atoms with Crippen LogP contribution in [0.4, 0.5) is 0 Å². The molecule has 0 aromatic heterocycles. The molecule has 1 rings (SSSR count). The smallest absolute Gasteiger partial charge is 0.202 e. The Bertz CT molecular complexity index is 343. The van der Waals surface area contributed by atoms with Gasteiger partial charge in [-0.25, -0.2) is 4.72 Å². The number of halogens is 1. The van der Waals surface area contributed by atoms with E-state index < -0.39 is 10.2 Å². The zero-order valence-corrected chi connectivity index (χ0v) is 12.4. The Morgan fingerprint density at radius 1 is 1.41 bits per heavy atom. The molecule has 0 saturated carbocycles. The summed E-state index contributed by atoms with van der Waals surface area (Å²) in [6.07, 6.45) is 3.00. The van der Waals surface area contributed by atoms with Crippen LogP contribution < -0.4 is 4.72 Å². The molecule has 1 aliphatic rings. The van der Waals surface area contributed by atoms with Gasteiger partial charge in [0, 0.05) is 25.0 Å². The van der Waals surface area contributed by atoms with Crippen LogP contribution in [0.1, 0.15) is 40.0 Å². The highest BCUT2D eigenvalue weighted by atomic mass is 35.5. The molecule has 0 bridgehead atoms. The average Bonchev–Trinajstić information content (AvgIpc) is 2.27. The summed E-state index contributed by atoms with van der Waals surface area (Å²) in [6, 6.07) is 0.0976. The molecule has 4 nitrogen and oxygen atoms in total. The summed E-state index contributed by atoms with van der Waals surface area (Å²) in [4.78, 5) is 0. The fourth-order valence-electron chi connectivity index (χ4n) is 1.85. The molecule has 0 spiro atoms. The molecule has 17 heavy (non-hydrogen) atoms. The van der Waals surface area contributed by atoms with Gasteiger partial charge in [0.1, 0.15) is 0 Å². The van der Waals surface area contributed by atoms with Crippen molar-refractivity contribution < 1.29 is 8.42 Å². The van der Waals surface area contributed by atoms with Crippen LogP contribution in [-0.2, 0) is 10.2 Å². The van der Waals surface area contributed by atoms with Crippen LogP contribution in [0.3, 0.4) is 0 Å². The van der Waals surface area contributed by atoms with Gasteiger partial charge in [-0.05, 0) is 25.2 Å². The van der Waals surface area contributed by atoms with Gasteiger partial charge in [-0.3, -0.25) is 0 Å². The van der Waals surface area contributed by atoms with Gasteiger partial charge in [0.25, 0.3) is 10.2 Å². The zero-order chi connectivity index (χ0) is 13.1. The van der Waals surface area contributed by atoms with Crippen molar-refractivity contribution in [2.45, 2.75) is 46.1 Å². The molecule has 102 valence electrons. The summed E-state index contributed by atoms with van der Waals surface area (Å²) in [5.41, 5.74) is -0.215. The van der Waals surface area contributed by atoms with Gasteiger partial charge in [-0.15, -0.1) is 11.6 Å². The van der Waals surface area contributed by atoms with Crippen molar-refractivity contribution >= 4 is 21.8 Å². The summed E-state index contributed by atoms with van der Waals surface area (Å²) in [6.45, 7) is 6.86. The van der Waals surface area contributed by atoms with E-state index in [1.165, 1.54) is 0 Å². The lowest BCUT2D eigenvalue weighted by molar-refractivity contribution is 0.262. The highest BCUT2D eigenvalue weighted by Gasteiger charge is 2.30. The maximum Gasteiger partial charge on any atom is 0.279 e. The topological polar surface area (TPSA) is 49.4 Å². The lowest BCUT2D eigenvalue weighted by atomic mass is 9.97. The molecule has 1 saturated heterocycles. The summed E-state index contributed by atoms with van der Waals surface area (Å²) in [5.74, 6) is 0.436. The average molecular weight is 283 g/mol. The second-order valence-corrected chi connectivity index (χ2v) is 7.55. The van der Waals surface area contributed by atoms with Gasteiger partial charge in [-0.2, -0.15) is 12.7 Å². The first kappa shape index (κ1) is 15.2. The normalized spacial score (nSPS) is 23.9. The number of rotatable bonds is 5. The minimum Gasteiger partial charge on any atom is -0.202 e. The molecular formula is C11H23ClN2O2S. The van der Waals surface area contributed by atoms with Crippen molar-refractivity contribution in [3.8, 4) is 0 Å². The Morgan fingerprint density at radius 3 is 2.59 bits per heavy atom. The summed E-state index contributed by atoms with van der Waals surface area (Å²) >= 11 is 5.79. The van der Waals surface area contributed by atoms with E-state index in [-0.39, 0.29) is 11.5 Å². The summed E-state index contributed by atoms with van der Waals surface area (Å²) < 4.78 is 28.5. The van der Waals surface area contributed by atoms with E-state index >= 15 is 0 Å². The Balaban J connectivity index is 2.62. The first-order valence-electron chi connectivity index (χ1n) is 6.11. The number of hydrogen-bond donors (Lipinski definition) is 1. The Kier molecular flexibility index (Phi) is 5.25. The van der Waals surface area contributed by atoms with Crippen LogP contribution in [-0.4, -0.2) is 37.7 Å². The highest BCUT2D eigenvalue weighted by Crippen LogP contribution is 2.20. The number of nitrogens with one attached hydrogen (secondary N) is 1. The molecule has 0 radical (unpaired) electrons. The quantitative estimate of drug-likeness (QED) is 0.784. The fourth-order valence-corrected chi connectivity index (χ4v) is 3.63. The van der Waals surface area contributed by atoms with E-state index in [9.17, 15) is 8.42 Å². The largest absolute Gasteiger partial charge is 0.279 e. The molecule has 1 atom stereocenters. The van der Waals surface area contributed by atoms with Crippen molar-refractivity contribution in [3.63, 3.8) is 0 Å². The fraction of sp³-hybridized carbons (Fsp3) is 1.00. The van der Waals surface area contributed by atoms with E-state index in [0.29, 0.717) is 19.0 Å². The van der Waals surface area contributed by atoms with E-state index in [1.807, 2.05) is 20.8 Å². The molecule has 0 aromatic rings. The lowest BCUT2D eigenvalue weighted by Gasteiger charge is -2.33. The van der Waals surface area contributed by atoms with Crippen LogP contribution >= 0.6 is 11.6 Å². The first-order valence-corrected chi connectivity index (χ1v) is 8.08. The molecule has 1 aliphatic heterocycles. The zero-order valence-electron chi connectivity index (χ0n) is 10.9. The highest BCUT2D eigenvalue weighted by molar-refractivity contribution is 7.87. The molecular weight excluding hydrogens is 260 g/mol. The minimum absolute atomic E-state index is 0.0976. The number of hydrogen-bond acceptors (Lipinski definition) is 2. The van der Waals surface area contributed by atoms with E-state index in [2.05, 4.69) is 4.72 Å². The molecule has 0 amide bonds. The first-order chi connectivity index (χ1) is 7.78. The maximum absolute atomic E-state index is 12.1. The maximum atomic E-state index is 12.1. The van der Waals surface area contributed by atoms with Crippen molar-refractivity contribution in [2.75, 3.05) is 19.0 Å². The van der Waals surface area contributed by atoms with Crippen molar-refractivity contribution in [2.24, 2.45) is 5.41 Å². The monoisotopic (exact) mass is 282 g/mol. The van der Waals surface area contributed by atoms with E-state index in [1.54, 1.807) is 4.31 Å². The number of nitrogens with zero attached hydrogens (tertiary/aromatic N) is 1. The van der Waals surface area contributed by atoms with Crippen molar-refractivity contribution in [1.29, 1.82) is 0 Å². The van der Waals surface area contributed by atoms with Gasteiger partial charge in [0.2, 0.25) is 0 Å². The Labute approximate surface area is 110 Å². The standard InChI is InChI=1S/C11H23ClN2O2S/c1-10-6-4-5-7-14(10)17(15,16)13-9-11(2,3)8-12/h10,13H,4-9H2,1-3H3. The van der Waals surface area contributed by atoms with Crippen LogP contribution in [0.15, 0.2) is 0 Å². The number of piperidine rings is 1. The Morgan fingerprint density at radius 2 is 2.06 bits per heavy atom. The molecule has 0 aromatic carbocycles. The minimum atomic E-state index is -3.35. The van der Waals surface area contributed by atoms with Crippen LogP contribution in [0.5, 0.6) is 0 Å². The third-order valence-corrected chi connectivity index (χ3v) is 5.54. The second-order valence-electron chi connectivity index (χ2n) is 5.58.